The second kappa shape index (κ2) is 3.98. The van der Waals surface area contributed by atoms with Crippen LogP contribution in [0.25, 0.3) is 0 Å². The van der Waals surface area contributed by atoms with Crippen molar-refractivity contribution in [1.29, 1.82) is 0 Å². The molecule has 2 aromatic rings. The summed E-state index contributed by atoms with van der Waals surface area (Å²) in [6.45, 7) is 0. The van der Waals surface area contributed by atoms with Gasteiger partial charge in [0.1, 0.15) is 0 Å². The number of rotatable bonds is 2. The molecule has 0 fully saturated rings. The molecule has 0 saturated carbocycles. The molecule has 2 nitrogen and oxygen atoms in total. The smallest absolute Gasteiger partial charge is 0.0931 e. The van der Waals surface area contributed by atoms with Gasteiger partial charge in [-0.15, -0.1) is 11.3 Å². The molecule has 2 rings (SSSR count). The lowest BCUT2D eigenvalue weighted by Crippen LogP contribution is -1.94. The summed E-state index contributed by atoms with van der Waals surface area (Å²) >= 11 is 7.41. The Bertz CT molecular complexity index is 439. The Morgan fingerprint density at radius 3 is 2.86 bits per heavy atom. The second-order valence-electron chi connectivity index (χ2n) is 2.96. The van der Waals surface area contributed by atoms with E-state index in [1.165, 1.54) is 4.88 Å². The Kier molecular flexibility index (Phi) is 2.70. The molecule has 14 heavy (non-hydrogen) atoms. The Balaban J connectivity index is 2.23. The molecule has 0 saturated heterocycles. The summed E-state index contributed by atoms with van der Waals surface area (Å²) < 4.78 is 0.808. The molecule has 0 radical (unpaired) electrons. The molecule has 0 aliphatic heterocycles. The summed E-state index contributed by atoms with van der Waals surface area (Å²) in [6, 6.07) is 5.72. The third-order valence-electron chi connectivity index (χ3n) is 1.93. The van der Waals surface area contributed by atoms with Gasteiger partial charge < -0.3 is 5.73 Å². The maximum absolute atomic E-state index is 5.84. The van der Waals surface area contributed by atoms with E-state index >= 15 is 0 Å². The van der Waals surface area contributed by atoms with E-state index in [2.05, 4.69) is 4.98 Å². The summed E-state index contributed by atoms with van der Waals surface area (Å²) in [5.41, 5.74) is 7.64. The highest BCUT2D eigenvalue weighted by atomic mass is 35.5. The number of hydrogen-bond donors (Lipinski definition) is 1. The van der Waals surface area contributed by atoms with Gasteiger partial charge in [0.15, 0.2) is 0 Å². The second-order valence-corrected chi connectivity index (χ2v) is 4.76. The fourth-order valence-electron chi connectivity index (χ4n) is 1.22. The molecular formula is C10H9ClN2S. The first-order valence-electron chi connectivity index (χ1n) is 4.18. The Morgan fingerprint density at radius 1 is 1.36 bits per heavy atom. The van der Waals surface area contributed by atoms with E-state index in [4.69, 9.17) is 17.3 Å². The van der Waals surface area contributed by atoms with E-state index in [1.54, 1.807) is 23.7 Å². The zero-order valence-corrected chi connectivity index (χ0v) is 8.98. The quantitative estimate of drug-likeness (QED) is 0.852. The average molecular weight is 225 g/mol. The van der Waals surface area contributed by atoms with Crippen LogP contribution in [0.3, 0.4) is 0 Å². The maximum Gasteiger partial charge on any atom is 0.0931 e. The number of aromatic nitrogens is 1. The fraction of sp³-hybridized carbons (Fsp3) is 0.100. The van der Waals surface area contributed by atoms with Gasteiger partial charge in [-0.05, 0) is 23.8 Å². The fourth-order valence-corrected chi connectivity index (χ4v) is 2.33. The normalized spacial score (nSPS) is 10.4. The van der Waals surface area contributed by atoms with Crippen molar-refractivity contribution < 1.29 is 0 Å². The van der Waals surface area contributed by atoms with Crippen LogP contribution in [-0.2, 0) is 6.42 Å². The molecule has 0 unspecified atom stereocenters. The third kappa shape index (κ3) is 2.05. The molecule has 2 heterocycles. The van der Waals surface area contributed by atoms with Crippen LogP contribution in [0, 0.1) is 0 Å². The summed E-state index contributed by atoms with van der Waals surface area (Å²) in [5, 5.41) is 0. The SMILES string of the molecule is Nc1ccncc1Cc1ccc(Cl)s1. The minimum atomic E-state index is 0.782. The van der Waals surface area contributed by atoms with Crippen LogP contribution in [-0.4, -0.2) is 4.98 Å². The highest BCUT2D eigenvalue weighted by Crippen LogP contribution is 2.25. The number of anilines is 1. The van der Waals surface area contributed by atoms with Crippen LogP contribution in [0.2, 0.25) is 4.34 Å². The molecule has 0 spiro atoms. The standard InChI is InChI=1S/C10H9ClN2S/c11-10-2-1-8(14-10)5-7-6-13-4-3-9(7)12/h1-4,6H,5H2,(H2,12,13). The topological polar surface area (TPSA) is 38.9 Å². The van der Waals surface area contributed by atoms with E-state index in [0.29, 0.717) is 0 Å². The van der Waals surface area contributed by atoms with Gasteiger partial charge in [-0.1, -0.05) is 11.6 Å². The van der Waals surface area contributed by atoms with Crippen LogP contribution in [0.15, 0.2) is 30.6 Å². The van der Waals surface area contributed by atoms with Gasteiger partial charge in [-0.2, -0.15) is 0 Å². The Hall–Kier alpha value is -1.06. The molecule has 4 heteroatoms. The predicted octanol–water partition coefficient (Wildman–Crippen LogP) is 2.97. The first-order valence-corrected chi connectivity index (χ1v) is 5.38. The Labute approximate surface area is 91.4 Å². The van der Waals surface area contributed by atoms with Crippen LogP contribution in [0.5, 0.6) is 0 Å². The van der Waals surface area contributed by atoms with Crippen molar-refractivity contribution in [3.05, 3.63) is 45.4 Å². The molecule has 0 aliphatic carbocycles. The van der Waals surface area contributed by atoms with Crippen molar-refractivity contribution in [2.24, 2.45) is 0 Å². The van der Waals surface area contributed by atoms with Crippen molar-refractivity contribution in [3.63, 3.8) is 0 Å². The minimum absolute atomic E-state index is 0.782. The van der Waals surface area contributed by atoms with E-state index in [1.807, 2.05) is 18.2 Å². The molecule has 2 N–H and O–H groups in total. The van der Waals surface area contributed by atoms with Crippen LogP contribution in [0.1, 0.15) is 10.4 Å². The summed E-state index contributed by atoms with van der Waals surface area (Å²) in [4.78, 5) is 5.24. The van der Waals surface area contributed by atoms with Gasteiger partial charge in [-0.25, -0.2) is 0 Å². The Morgan fingerprint density at radius 2 is 2.21 bits per heavy atom. The first kappa shape index (κ1) is 9.49. The van der Waals surface area contributed by atoms with Crippen molar-refractivity contribution in [2.75, 3.05) is 5.73 Å². The number of nitrogens with two attached hydrogens (primary N) is 1. The average Bonchev–Trinajstić information content (AvgIpc) is 2.56. The van der Waals surface area contributed by atoms with Gasteiger partial charge in [0.2, 0.25) is 0 Å². The van der Waals surface area contributed by atoms with Crippen LogP contribution >= 0.6 is 22.9 Å². The highest BCUT2D eigenvalue weighted by molar-refractivity contribution is 7.16. The lowest BCUT2D eigenvalue weighted by atomic mass is 10.1. The summed E-state index contributed by atoms with van der Waals surface area (Å²) in [7, 11) is 0. The van der Waals surface area contributed by atoms with Crippen molar-refractivity contribution >= 4 is 28.6 Å². The number of thiophene rings is 1. The first-order chi connectivity index (χ1) is 6.75. The van der Waals surface area contributed by atoms with Crippen molar-refractivity contribution in [2.45, 2.75) is 6.42 Å². The largest absolute Gasteiger partial charge is 0.398 e. The molecule has 0 amide bonds. The number of hydrogen-bond acceptors (Lipinski definition) is 3. The van der Waals surface area contributed by atoms with Crippen molar-refractivity contribution in [3.8, 4) is 0 Å². The predicted molar refractivity (Wildman–Crippen MR) is 60.8 cm³/mol. The van der Waals surface area contributed by atoms with E-state index in [0.717, 1.165) is 22.0 Å². The number of halogens is 1. The molecule has 0 bridgehead atoms. The van der Waals surface area contributed by atoms with Gasteiger partial charge in [0.05, 0.1) is 4.34 Å². The summed E-state index contributed by atoms with van der Waals surface area (Å²) in [5.74, 6) is 0. The number of nitrogens with zero attached hydrogens (tertiary/aromatic N) is 1. The van der Waals surface area contributed by atoms with E-state index in [9.17, 15) is 0 Å². The van der Waals surface area contributed by atoms with E-state index < -0.39 is 0 Å². The molecule has 2 aromatic heterocycles. The number of pyridine rings is 1. The van der Waals surface area contributed by atoms with Crippen molar-refractivity contribution in [1.82, 2.24) is 4.98 Å². The third-order valence-corrected chi connectivity index (χ3v) is 3.17. The van der Waals surface area contributed by atoms with Gasteiger partial charge >= 0.3 is 0 Å². The lowest BCUT2D eigenvalue weighted by molar-refractivity contribution is 1.18. The zero-order chi connectivity index (χ0) is 9.97. The molecule has 0 aliphatic rings. The lowest BCUT2D eigenvalue weighted by Gasteiger charge is -2.01. The van der Waals surface area contributed by atoms with Gasteiger partial charge in [-0.3, -0.25) is 4.98 Å². The molecule has 72 valence electrons. The molecule has 0 atom stereocenters. The number of nitrogen functional groups attached to an aromatic ring is 1. The molecule has 0 aromatic carbocycles. The van der Waals surface area contributed by atoms with Gasteiger partial charge in [0, 0.05) is 29.4 Å². The molecular weight excluding hydrogens is 216 g/mol. The maximum atomic E-state index is 5.84. The zero-order valence-electron chi connectivity index (χ0n) is 7.40. The highest BCUT2D eigenvalue weighted by Gasteiger charge is 2.02. The van der Waals surface area contributed by atoms with E-state index in [-0.39, 0.29) is 0 Å². The van der Waals surface area contributed by atoms with Crippen LogP contribution < -0.4 is 5.73 Å². The summed E-state index contributed by atoms with van der Waals surface area (Å²) in [6.07, 6.45) is 4.29. The minimum Gasteiger partial charge on any atom is -0.398 e. The monoisotopic (exact) mass is 224 g/mol. The van der Waals surface area contributed by atoms with Crippen LogP contribution in [0.4, 0.5) is 5.69 Å². The van der Waals surface area contributed by atoms with Gasteiger partial charge in [0.25, 0.3) is 0 Å².